The van der Waals surface area contributed by atoms with Crippen molar-refractivity contribution in [1.82, 2.24) is 20.1 Å². The molecule has 0 atom stereocenters. The van der Waals surface area contributed by atoms with Crippen LogP contribution in [-0.2, 0) is 13.0 Å². The van der Waals surface area contributed by atoms with Crippen LogP contribution in [0.1, 0.15) is 18.1 Å². The van der Waals surface area contributed by atoms with Gasteiger partial charge in [0.2, 0.25) is 0 Å². The van der Waals surface area contributed by atoms with E-state index in [1.54, 1.807) is 0 Å². The molecule has 0 radical (unpaired) electrons. The van der Waals surface area contributed by atoms with E-state index >= 15 is 0 Å². The van der Waals surface area contributed by atoms with Crippen molar-refractivity contribution >= 4 is 28.2 Å². The number of hydrogen-bond acceptors (Lipinski definition) is 3. The van der Waals surface area contributed by atoms with E-state index in [0.717, 1.165) is 36.0 Å². The van der Waals surface area contributed by atoms with Crippen LogP contribution in [0.4, 0.5) is 0 Å². The number of fused-ring (bicyclic) bond motifs is 1. The fourth-order valence-corrected chi connectivity index (χ4v) is 2.73. The number of nitrogens with one attached hydrogen (secondary N) is 2. The van der Waals surface area contributed by atoms with E-state index in [9.17, 15) is 4.79 Å². The Balaban J connectivity index is 2.32. The summed E-state index contributed by atoms with van der Waals surface area (Å²) >= 11 is 5.39. The van der Waals surface area contributed by atoms with Gasteiger partial charge in [-0.15, -0.1) is 0 Å². The summed E-state index contributed by atoms with van der Waals surface area (Å²) in [4.78, 5) is 19.5. The van der Waals surface area contributed by atoms with Gasteiger partial charge in [0.05, 0.1) is 6.54 Å². The van der Waals surface area contributed by atoms with Crippen LogP contribution in [0.5, 0.6) is 0 Å². The van der Waals surface area contributed by atoms with E-state index in [0.29, 0.717) is 11.7 Å². The SMILES string of the molecule is CCc1ccc2[nH]c(=O)c(CN(CCN(C)C)C(=S)NC)cc2c1. The molecule has 2 rings (SSSR count). The van der Waals surface area contributed by atoms with Gasteiger partial charge in [0.1, 0.15) is 0 Å². The van der Waals surface area contributed by atoms with Gasteiger partial charge in [-0.3, -0.25) is 4.79 Å². The van der Waals surface area contributed by atoms with Crippen molar-refractivity contribution < 1.29 is 0 Å². The van der Waals surface area contributed by atoms with Crippen LogP contribution in [0.15, 0.2) is 29.1 Å². The fourth-order valence-electron chi connectivity index (χ4n) is 2.58. The van der Waals surface area contributed by atoms with E-state index in [4.69, 9.17) is 12.2 Å². The molecule has 2 N–H and O–H groups in total. The zero-order valence-electron chi connectivity index (χ0n) is 14.8. The lowest BCUT2D eigenvalue weighted by Crippen LogP contribution is -2.42. The minimum atomic E-state index is -0.0551. The van der Waals surface area contributed by atoms with Crippen molar-refractivity contribution in [3.63, 3.8) is 0 Å². The van der Waals surface area contributed by atoms with Gasteiger partial charge < -0.3 is 20.1 Å². The van der Waals surface area contributed by atoms with Crippen molar-refractivity contribution in [2.24, 2.45) is 0 Å². The lowest BCUT2D eigenvalue weighted by molar-refractivity contribution is 0.323. The lowest BCUT2D eigenvalue weighted by atomic mass is 10.1. The van der Waals surface area contributed by atoms with Crippen molar-refractivity contribution in [3.8, 4) is 0 Å². The van der Waals surface area contributed by atoms with Crippen LogP contribution >= 0.6 is 12.2 Å². The average Bonchev–Trinajstić information content (AvgIpc) is 2.57. The molecule has 130 valence electrons. The van der Waals surface area contributed by atoms with E-state index in [1.165, 1.54) is 5.56 Å². The van der Waals surface area contributed by atoms with Crippen molar-refractivity contribution in [2.75, 3.05) is 34.2 Å². The normalized spacial score (nSPS) is 11.0. The summed E-state index contributed by atoms with van der Waals surface area (Å²) in [6, 6.07) is 8.14. The second kappa shape index (κ2) is 8.26. The summed E-state index contributed by atoms with van der Waals surface area (Å²) in [7, 11) is 5.86. The third kappa shape index (κ3) is 4.55. The maximum Gasteiger partial charge on any atom is 0.253 e. The Morgan fingerprint density at radius 1 is 1.25 bits per heavy atom. The minimum Gasteiger partial charge on any atom is -0.366 e. The van der Waals surface area contributed by atoms with E-state index in [1.807, 2.05) is 38.2 Å². The van der Waals surface area contributed by atoms with E-state index < -0.39 is 0 Å². The second-order valence-electron chi connectivity index (χ2n) is 6.18. The molecule has 1 aromatic heterocycles. The molecule has 6 heteroatoms. The Labute approximate surface area is 148 Å². The van der Waals surface area contributed by atoms with Gasteiger partial charge in [-0.05, 0) is 61.9 Å². The van der Waals surface area contributed by atoms with E-state index in [2.05, 4.69) is 34.3 Å². The van der Waals surface area contributed by atoms with E-state index in [-0.39, 0.29) is 5.56 Å². The van der Waals surface area contributed by atoms with Crippen LogP contribution in [0.25, 0.3) is 10.9 Å². The van der Waals surface area contributed by atoms with Gasteiger partial charge in [0.25, 0.3) is 5.56 Å². The molecule has 0 aliphatic rings. The molecular formula is C18H26N4OS. The zero-order chi connectivity index (χ0) is 17.7. The molecule has 0 aliphatic heterocycles. The third-order valence-electron chi connectivity index (χ3n) is 4.07. The smallest absolute Gasteiger partial charge is 0.253 e. The summed E-state index contributed by atoms with van der Waals surface area (Å²) < 4.78 is 0. The molecule has 1 aromatic carbocycles. The molecule has 0 unspecified atom stereocenters. The molecule has 0 amide bonds. The predicted molar refractivity (Wildman–Crippen MR) is 105 cm³/mol. The molecule has 0 fully saturated rings. The van der Waals surface area contributed by atoms with Crippen LogP contribution in [0.3, 0.4) is 0 Å². The highest BCUT2D eigenvalue weighted by Gasteiger charge is 2.12. The summed E-state index contributed by atoms with van der Waals surface area (Å²) in [5.74, 6) is 0. The molecule has 5 nitrogen and oxygen atoms in total. The Bertz CT molecular complexity index is 769. The summed E-state index contributed by atoms with van der Waals surface area (Å²) in [5.41, 5.74) is 2.81. The zero-order valence-corrected chi connectivity index (χ0v) is 15.7. The van der Waals surface area contributed by atoms with Crippen LogP contribution < -0.4 is 10.9 Å². The summed E-state index contributed by atoms with van der Waals surface area (Å²) in [6.07, 6.45) is 0.975. The first kappa shape index (κ1) is 18.4. The van der Waals surface area contributed by atoms with Gasteiger partial charge in [0, 0.05) is 31.2 Å². The van der Waals surface area contributed by atoms with Gasteiger partial charge >= 0.3 is 0 Å². The van der Waals surface area contributed by atoms with Crippen LogP contribution in [-0.4, -0.2) is 54.1 Å². The summed E-state index contributed by atoms with van der Waals surface area (Å²) in [5, 5.41) is 4.72. The first-order chi connectivity index (χ1) is 11.4. The number of nitrogens with zero attached hydrogens (tertiary/aromatic N) is 2. The number of aryl methyl sites for hydroxylation is 1. The maximum absolute atomic E-state index is 12.4. The molecular weight excluding hydrogens is 320 g/mol. The number of hydrogen-bond donors (Lipinski definition) is 2. The van der Waals surface area contributed by atoms with Crippen LogP contribution in [0.2, 0.25) is 0 Å². The van der Waals surface area contributed by atoms with Crippen molar-refractivity contribution in [1.29, 1.82) is 0 Å². The Morgan fingerprint density at radius 2 is 2.00 bits per heavy atom. The number of aromatic nitrogens is 1. The number of H-pyrrole nitrogens is 1. The number of thiocarbonyl (C=S) groups is 1. The highest BCUT2D eigenvalue weighted by atomic mass is 32.1. The third-order valence-corrected chi connectivity index (χ3v) is 4.54. The molecule has 0 aliphatic carbocycles. The Hall–Kier alpha value is -1.92. The minimum absolute atomic E-state index is 0.0551. The predicted octanol–water partition coefficient (Wildman–Crippen LogP) is 1.96. The molecule has 2 aromatic rings. The topological polar surface area (TPSA) is 51.4 Å². The fraction of sp³-hybridized carbons (Fsp3) is 0.444. The number of benzene rings is 1. The average molecular weight is 346 g/mol. The largest absolute Gasteiger partial charge is 0.366 e. The Morgan fingerprint density at radius 3 is 2.62 bits per heavy atom. The molecule has 0 saturated heterocycles. The molecule has 0 spiro atoms. The highest BCUT2D eigenvalue weighted by molar-refractivity contribution is 7.80. The first-order valence-corrected chi connectivity index (χ1v) is 8.61. The van der Waals surface area contributed by atoms with Gasteiger partial charge in [-0.25, -0.2) is 0 Å². The maximum atomic E-state index is 12.4. The second-order valence-corrected chi connectivity index (χ2v) is 6.57. The van der Waals surface area contributed by atoms with Gasteiger partial charge in [-0.1, -0.05) is 13.0 Å². The Kier molecular flexibility index (Phi) is 6.34. The molecule has 0 bridgehead atoms. The number of likely N-dealkylation sites (N-methyl/N-ethyl adjacent to an activating group) is 1. The quantitative estimate of drug-likeness (QED) is 0.783. The van der Waals surface area contributed by atoms with Crippen LogP contribution in [0, 0.1) is 0 Å². The standard InChI is InChI=1S/C18H26N4OS/c1-5-13-6-7-16-14(10-13)11-15(17(23)20-16)12-22(18(24)19-2)9-8-21(3)4/h6-7,10-11H,5,8-9,12H2,1-4H3,(H,19,24)(H,20,23). The van der Waals surface area contributed by atoms with Gasteiger partial charge in [-0.2, -0.15) is 0 Å². The summed E-state index contributed by atoms with van der Waals surface area (Å²) in [6.45, 7) is 4.25. The van der Waals surface area contributed by atoms with Crippen molar-refractivity contribution in [2.45, 2.75) is 19.9 Å². The van der Waals surface area contributed by atoms with Crippen molar-refractivity contribution in [3.05, 3.63) is 45.7 Å². The number of rotatable bonds is 6. The number of aromatic amines is 1. The highest BCUT2D eigenvalue weighted by Crippen LogP contribution is 2.15. The number of pyridine rings is 1. The van der Waals surface area contributed by atoms with Gasteiger partial charge in [0.15, 0.2) is 5.11 Å². The monoisotopic (exact) mass is 346 g/mol. The molecule has 24 heavy (non-hydrogen) atoms. The first-order valence-electron chi connectivity index (χ1n) is 8.20. The lowest BCUT2D eigenvalue weighted by Gasteiger charge is -2.26. The molecule has 0 saturated carbocycles. The molecule has 1 heterocycles.